The molecule has 6 heteroatoms. The van der Waals surface area contributed by atoms with Crippen LogP contribution in [0, 0.1) is 5.92 Å². The number of primary amides is 1. The van der Waals surface area contributed by atoms with Gasteiger partial charge in [0, 0.05) is 17.4 Å². The summed E-state index contributed by atoms with van der Waals surface area (Å²) in [6.45, 7) is 2.06. The molecule has 2 atom stereocenters. The van der Waals surface area contributed by atoms with Crippen LogP contribution in [0.1, 0.15) is 36.8 Å². The summed E-state index contributed by atoms with van der Waals surface area (Å²) in [6, 6.07) is 11.4. The second-order valence-electron chi connectivity index (χ2n) is 6.19. The van der Waals surface area contributed by atoms with Gasteiger partial charge in [0.15, 0.2) is 11.5 Å². The first kappa shape index (κ1) is 20.4. The third-order valence-electron chi connectivity index (χ3n) is 4.51. The Morgan fingerprint density at radius 3 is 2.35 bits per heavy atom. The van der Waals surface area contributed by atoms with Crippen LogP contribution >= 0.6 is 23.2 Å². The number of carbonyl (C=O) groups excluding carboxylic acids is 1. The number of hydrogen-bond acceptors (Lipinski definition) is 3. The average molecular weight is 396 g/mol. The van der Waals surface area contributed by atoms with Gasteiger partial charge in [-0.05, 0) is 35.6 Å². The van der Waals surface area contributed by atoms with Gasteiger partial charge < -0.3 is 15.2 Å². The lowest BCUT2D eigenvalue weighted by Gasteiger charge is -2.27. The van der Waals surface area contributed by atoms with Crippen LogP contribution in [0.5, 0.6) is 11.5 Å². The van der Waals surface area contributed by atoms with Crippen molar-refractivity contribution in [3.8, 4) is 11.5 Å². The summed E-state index contributed by atoms with van der Waals surface area (Å²) >= 11 is 13.1. The highest BCUT2D eigenvalue weighted by atomic mass is 35.5. The first-order chi connectivity index (χ1) is 12.4. The fraction of sp³-hybridized carbons (Fsp3) is 0.350. The number of benzene rings is 2. The molecule has 0 fully saturated rings. The molecule has 0 aliphatic heterocycles. The zero-order valence-electron chi connectivity index (χ0n) is 15.1. The Kier molecular flexibility index (Phi) is 7.18. The van der Waals surface area contributed by atoms with Crippen molar-refractivity contribution in [2.75, 3.05) is 14.2 Å². The van der Waals surface area contributed by atoms with Gasteiger partial charge in [-0.3, -0.25) is 4.79 Å². The van der Waals surface area contributed by atoms with Crippen LogP contribution in [0.25, 0.3) is 0 Å². The van der Waals surface area contributed by atoms with E-state index in [1.165, 1.54) is 0 Å². The minimum Gasteiger partial charge on any atom is -0.493 e. The third-order valence-corrected chi connectivity index (χ3v) is 5.24. The molecule has 2 unspecified atom stereocenters. The zero-order chi connectivity index (χ0) is 19.3. The molecule has 0 aromatic heterocycles. The smallest absolute Gasteiger partial charge is 0.217 e. The lowest BCUT2D eigenvalue weighted by molar-refractivity contribution is -0.118. The average Bonchev–Trinajstić information content (AvgIpc) is 2.62. The SMILES string of the molecule is COc1ccc(C(c2ccccc2Cl)C(C)CCC(N)=O)c(Cl)c1OC. The lowest BCUT2D eigenvalue weighted by atomic mass is 9.79. The van der Waals surface area contributed by atoms with Crippen LogP contribution in [-0.2, 0) is 4.79 Å². The minimum atomic E-state index is -0.326. The summed E-state index contributed by atoms with van der Waals surface area (Å²) in [7, 11) is 3.11. The number of carbonyl (C=O) groups is 1. The topological polar surface area (TPSA) is 61.5 Å². The highest BCUT2D eigenvalue weighted by Gasteiger charge is 2.28. The molecule has 140 valence electrons. The highest BCUT2D eigenvalue weighted by Crippen LogP contribution is 2.46. The van der Waals surface area contributed by atoms with E-state index in [4.69, 9.17) is 38.4 Å². The molecule has 4 nitrogen and oxygen atoms in total. The van der Waals surface area contributed by atoms with Gasteiger partial charge in [0.1, 0.15) is 0 Å². The van der Waals surface area contributed by atoms with Crippen molar-refractivity contribution >= 4 is 29.1 Å². The van der Waals surface area contributed by atoms with E-state index in [1.54, 1.807) is 14.2 Å². The summed E-state index contributed by atoms with van der Waals surface area (Å²) in [6.07, 6.45) is 0.920. The van der Waals surface area contributed by atoms with Crippen molar-refractivity contribution in [2.24, 2.45) is 11.7 Å². The number of rotatable bonds is 8. The molecule has 0 radical (unpaired) electrons. The van der Waals surface area contributed by atoms with Gasteiger partial charge >= 0.3 is 0 Å². The maximum absolute atomic E-state index is 11.3. The van der Waals surface area contributed by atoms with Crippen LogP contribution < -0.4 is 15.2 Å². The van der Waals surface area contributed by atoms with Gasteiger partial charge in [0.2, 0.25) is 5.91 Å². The Morgan fingerprint density at radius 2 is 1.77 bits per heavy atom. The van der Waals surface area contributed by atoms with Crippen molar-refractivity contribution in [3.05, 3.63) is 57.6 Å². The first-order valence-electron chi connectivity index (χ1n) is 8.33. The van der Waals surface area contributed by atoms with Crippen LogP contribution in [0.2, 0.25) is 10.0 Å². The highest BCUT2D eigenvalue weighted by molar-refractivity contribution is 6.33. The molecule has 1 amide bonds. The molecular formula is C20H23Cl2NO3. The zero-order valence-corrected chi connectivity index (χ0v) is 16.6. The van der Waals surface area contributed by atoms with Gasteiger partial charge in [-0.25, -0.2) is 0 Å². The van der Waals surface area contributed by atoms with Crippen LogP contribution in [-0.4, -0.2) is 20.1 Å². The molecule has 0 heterocycles. The second kappa shape index (κ2) is 9.15. The molecule has 2 aromatic carbocycles. The van der Waals surface area contributed by atoms with E-state index in [0.29, 0.717) is 34.4 Å². The predicted molar refractivity (Wildman–Crippen MR) is 105 cm³/mol. The summed E-state index contributed by atoms with van der Waals surface area (Å²) in [5.74, 6) is 0.677. The molecule has 2 N–H and O–H groups in total. The Balaban J connectivity index is 2.57. The van der Waals surface area contributed by atoms with Crippen molar-refractivity contribution in [3.63, 3.8) is 0 Å². The largest absolute Gasteiger partial charge is 0.493 e. The summed E-state index contributed by atoms with van der Waals surface area (Å²) in [5.41, 5.74) is 7.15. The molecular weight excluding hydrogens is 373 g/mol. The van der Waals surface area contributed by atoms with Crippen molar-refractivity contribution in [1.29, 1.82) is 0 Å². The standard InChI is InChI=1S/C20H23Cl2NO3/c1-12(8-11-17(23)24)18(13-6-4-5-7-15(13)21)14-9-10-16(25-2)20(26-3)19(14)22/h4-7,9-10,12,18H,8,11H2,1-3H3,(H2,23,24). The number of methoxy groups -OCH3 is 2. The Hall–Kier alpha value is -1.91. The molecule has 2 aromatic rings. The fourth-order valence-electron chi connectivity index (χ4n) is 3.19. The summed E-state index contributed by atoms with van der Waals surface area (Å²) < 4.78 is 10.8. The van der Waals surface area contributed by atoms with Crippen molar-refractivity contribution < 1.29 is 14.3 Å². The molecule has 0 saturated heterocycles. The Morgan fingerprint density at radius 1 is 1.08 bits per heavy atom. The van der Waals surface area contributed by atoms with E-state index in [0.717, 1.165) is 11.1 Å². The molecule has 0 aliphatic rings. The Bertz CT molecular complexity index is 780. The van der Waals surface area contributed by atoms with Gasteiger partial charge in [-0.1, -0.05) is 54.4 Å². The number of ether oxygens (including phenoxy) is 2. The normalized spacial score (nSPS) is 13.1. The molecule has 0 saturated carbocycles. The van der Waals surface area contributed by atoms with Crippen molar-refractivity contribution in [1.82, 2.24) is 0 Å². The van der Waals surface area contributed by atoms with Gasteiger partial charge in [-0.2, -0.15) is 0 Å². The van der Waals surface area contributed by atoms with E-state index < -0.39 is 0 Å². The molecule has 0 spiro atoms. The van der Waals surface area contributed by atoms with Crippen LogP contribution in [0.4, 0.5) is 0 Å². The Labute approximate surface area is 164 Å². The van der Waals surface area contributed by atoms with Gasteiger partial charge in [-0.15, -0.1) is 0 Å². The van der Waals surface area contributed by atoms with Gasteiger partial charge in [0.05, 0.1) is 19.2 Å². The van der Waals surface area contributed by atoms with E-state index >= 15 is 0 Å². The minimum absolute atomic E-state index is 0.0815. The molecule has 0 bridgehead atoms. The third kappa shape index (κ3) is 4.43. The monoisotopic (exact) mass is 395 g/mol. The maximum Gasteiger partial charge on any atom is 0.217 e. The van der Waals surface area contributed by atoms with E-state index in [-0.39, 0.29) is 17.7 Å². The second-order valence-corrected chi connectivity index (χ2v) is 6.97. The number of hydrogen-bond donors (Lipinski definition) is 1. The van der Waals surface area contributed by atoms with Crippen molar-refractivity contribution in [2.45, 2.75) is 25.7 Å². The molecule has 2 rings (SSSR count). The number of amides is 1. The molecule has 0 aliphatic carbocycles. The first-order valence-corrected chi connectivity index (χ1v) is 9.09. The van der Waals surface area contributed by atoms with Crippen LogP contribution in [0.3, 0.4) is 0 Å². The summed E-state index contributed by atoms with van der Waals surface area (Å²) in [4.78, 5) is 11.3. The molecule has 26 heavy (non-hydrogen) atoms. The van der Waals surface area contributed by atoms with E-state index in [1.807, 2.05) is 36.4 Å². The number of halogens is 2. The quantitative estimate of drug-likeness (QED) is 0.680. The van der Waals surface area contributed by atoms with E-state index in [9.17, 15) is 4.79 Å². The summed E-state index contributed by atoms with van der Waals surface area (Å²) in [5, 5.41) is 1.12. The fourth-order valence-corrected chi connectivity index (χ4v) is 3.79. The predicted octanol–water partition coefficient (Wildman–Crippen LogP) is 5.04. The number of nitrogens with two attached hydrogens (primary N) is 1. The van der Waals surface area contributed by atoms with Crippen LogP contribution in [0.15, 0.2) is 36.4 Å². The lowest BCUT2D eigenvalue weighted by Crippen LogP contribution is -2.17. The maximum atomic E-state index is 11.3. The van der Waals surface area contributed by atoms with Gasteiger partial charge in [0.25, 0.3) is 0 Å². The van der Waals surface area contributed by atoms with E-state index in [2.05, 4.69) is 6.92 Å².